The molecule has 0 radical (unpaired) electrons. The monoisotopic (exact) mass is 542 g/mol. The second-order valence-corrected chi connectivity index (χ2v) is 12.1. The summed E-state index contributed by atoms with van der Waals surface area (Å²) in [5, 5.41) is 9.88. The van der Waals surface area contributed by atoms with Crippen molar-refractivity contribution in [3.63, 3.8) is 0 Å². The van der Waals surface area contributed by atoms with Gasteiger partial charge in [-0.15, -0.1) is 0 Å². The number of nitrogens with zero attached hydrogens (tertiary/aromatic N) is 4. The highest BCUT2D eigenvalue weighted by atomic mass is 32.2. The van der Waals surface area contributed by atoms with Crippen LogP contribution < -0.4 is 10.5 Å². The van der Waals surface area contributed by atoms with E-state index in [1.807, 2.05) is 13.0 Å². The lowest BCUT2D eigenvalue weighted by Gasteiger charge is -2.35. The van der Waals surface area contributed by atoms with Crippen molar-refractivity contribution in [2.75, 3.05) is 24.5 Å². The van der Waals surface area contributed by atoms with Crippen molar-refractivity contribution < 1.29 is 4.79 Å². The molecule has 8 heteroatoms. The largest absolute Gasteiger partial charge is 0.357 e. The number of rotatable bonds is 12. The molecule has 1 aromatic rings. The topological polar surface area (TPSA) is 69.3 Å². The van der Waals surface area contributed by atoms with Crippen LogP contribution in [0.2, 0.25) is 0 Å². The highest BCUT2D eigenvalue weighted by Crippen LogP contribution is 2.37. The summed E-state index contributed by atoms with van der Waals surface area (Å²) in [6, 6.07) is 2.15. The Kier molecular flexibility index (Phi) is 11.3. The Morgan fingerprint density at radius 2 is 1.68 bits per heavy atom. The third-order valence-corrected chi connectivity index (χ3v) is 8.93. The average molecular weight is 543 g/mol. The number of hydrogen-bond donors (Lipinski definition) is 0. The molecule has 3 rings (SSSR count). The molecular weight excluding hydrogens is 500 g/mol. The molecule has 0 aliphatic carbocycles. The molecule has 0 unspecified atom stereocenters. The van der Waals surface area contributed by atoms with Crippen molar-refractivity contribution in [3.05, 3.63) is 31.9 Å². The number of pyridine rings is 1. The highest BCUT2D eigenvalue weighted by molar-refractivity contribution is 8.26. The highest BCUT2D eigenvalue weighted by Gasteiger charge is 2.33. The second-order valence-electron chi connectivity index (χ2n) is 10.4. The number of anilines is 1. The van der Waals surface area contributed by atoms with E-state index in [1.165, 1.54) is 37.4 Å². The Labute approximate surface area is 232 Å². The van der Waals surface area contributed by atoms with Gasteiger partial charge in [-0.1, -0.05) is 83.3 Å². The first-order valence-corrected chi connectivity index (χ1v) is 15.2. The van der Waals surface area contributed by atoms with Gasteiger partial charge in [0.05, 0.1) is 4.91 Å². The maximum atomic E-state index is 13.4. The summed E-state index contributed by atoms with van der Waals surface area (Å²) >= 11 is 6.93. The van der Waals surface area contributed by atoms with Gasteiger partial charge in [-0.3, -0.25) is 19.1 Å². The van der Waals surface area contributed by atoms with Crippen molar-refractivity contribution in [2.24, 2.45) is 5.92 Å². The summed E-state index contributed by atoms with van der Waals surface area (Å²) in [6.07, 6.45) is 12.8. The molecule has 1 aromatic heterocycles. The van der Waals surface area contributed by atoms with Crippen molar-refractivity contribution >= 4 is 46.1 Å². The smallest absolute Gasteiger partial charge is 0.270 e. The zero-order valence-corrected chi connectivity index (χ0v) is 24.6. The fraction of sp³-hybridized carbons (Fsp3) is 0.655. The Hall–Kier alpha value is -2.11. The van der Waals surface area contributed by atoms with E-state index in [4.69, 9.17) is 12.2 Å². The molecule has 2 fully saturated rings. The van der Waals surface area contributed by atoms with E-state index >= 15 is 0 Å². The van der Waals surface area contributed by atoms with Crippen molar-refractivity contribution in [1.29, 1.82) is 5.26 Å². The summed E-state index contributed by atoms with van der Waals surface area (Å²) in [5.41, 5.74) is 1.39. The minimum atomic E-state index is -0.227. The number of amides is 1. The maximum absolute atomic E-state index is 13.4. The number of thiocarbonyl (C=S) groups is 1. The van der Waals surface area contributed by atoms with E-state index < -0.39 is 0 Å². The SMILES string of the molecule is CCCCCCCCN1C(=O)/C(=C/c2c(C)c(C#N)c(=O)n(CCCC)c2N2CCC(C)CC2)SC1=S. The number of hydrogen-bond acceptors (Lipinski definition) is 6. The number of nitriles is 1. The molecular formula is C29H42N4O2S2. The van der Waals surface area contributed by atoms with Crippen molar-refractivity contribution in [3.8, 4) is 6.07 Å². The Bertz CT molecular complexity index is 1110. The molecule has 1 amide bonds. The number of carbonyl (C=O) groups excluding carboxylic acids is 1. The van der Waals surface area contributed by atoms with Gasteiger partial charge in [0, 0.05) is 31.7 Å². The van der Waals surface area contributed by atoms with Gasteiger partial charge in [0.1, 0.15) is 21.8 Å². The van der Waals surface area contributed by atoms with Gasteiger partial charge >= 0.3 is 0 Å². The lowest BCUT2D eigenvalue weighted by Crippen LogP contribution is -2.39. The summed E-state index contributed by atoms with van der Waals surface area (Å²) in [4.78, 5) is 31.4. The minimum Gasteiger partial charge on any atom is -0.357 e. The number of piperidine rings is 1. The van der Waals surface area contributed by atoms with Crippen LogP contribution in [-0.2, 0) is 11.3 Å². The Morgan fingerprint density at radius 3 is 2.32 bits per heavy atom. The molecule has 2 aliphatic rings. The van der Waals surface area contributed by atoms with Crippen LogP contribution in [0.3, 0.4) is 0 Å². The summed E-state index contributed by atoms with van der Waals surface area (Å²) in [6.45, 7) is 11.3. The summed E-state index contributed by atoms with van der Waals surface area (Å²) in [5.74, 6) is 1.43. The van der Waals surface area contributed by atoms with Crippen LogP contribution in [0.15, 0.2) is 9.70 Å². The normalized spacial score (nSPS) is 17.8. The molecule has 6 nitrogen and oxygen atoms in total. The molecule has 0 atom stereocenters. The number of aromatic nitrogens is 1. The van der Waals surface area contributed by atoms with Crippen molar-refractivity contribution in [1.82, 2.24) is 9.47 Å². The van der Waals surface area contributed by atoms with Gasteiger partial charge in [-0.25, -0.2) is 0 Å². The molecule has 3 heterocycles. The molecule has 0 saturated carbocycles. The van der Waals surface area contributed by atoms with Gasteiger partial charge < -0.3 is 4.90 Å². The van der Waals surface area contributed by atoms with Crippen LogP contribution in [0, 0.1) is 24.2 Å². The summed E-state index contributed by atoms with van der Waals surface area (Å²) < 4.78 is 2.38. The lowest BCUT2D eigenvalue weighted by atomic mass is 9.97. The summed E-state index contributed by atoms with van der Waals surface area (Å²) in [7, 11) is 0. The van der Waals surface area contributed by atoms with Crippen molar-refractivity contribution in [2.45, 2.75) is 98.4 Å². The molecule has 0 spiro atoms. The van der Waals surface area contributed by atoms with Gasteiger partial charge in [0.15, 0.2) is 0 Å². The first kappa shape index (κ1) is 29.4. The van der Waals surface area contributed by atoms with Crippen LogP contribution in [0.25, 0.3) is 6.08 Å². The van der Waals surface area contributed by atoms with E-state index in [2.05, 4.69) is 31.7 Å². The average Bonchev–Trinajstić information content (AvgIpc) is 3.15. The van der Waals surface area contributed by atoms with E-state index in [1.54, 1.807) is 9.47 Å². The van der Waals surface area contributed by atoms with E-state index in [0.29, 0.717) is 33.8 Å². The van der Waals surface area contributed by atoms with E-state index in [9.17, 15) is 14.9 Å². The predicted molar refractivity (Wildman–Crippen MR) is 159 cm³/mol. The van der Waals surface area contributed by atoms with Crippen LogP contribution in [-0.4, -0.2) is 39.3 Å². The standard InChI is InChI=1S/C29H42N4O2S2/c1-5-7-9-10-11-12-16-33-28(35)25(37-29(33)36)19-23-22(4)24(20-30)27(34)32(15-8-6-2)26(23)31-17-13-21(3)14-18-31/h19,21H,5-18H2,1-4H3/b25-19-. The second kappa shape index (κ2) is 14.2. The molecule has 0 N–H and O–H groups in total. The number of unbranched alkanes of at least 4 members (excludes halogenated alkanes) is 6. The quantitative estimate of drug-likeness (QED) is 0.168. The third-order valence-electron chi connectivity index (χ3n) is 7.55. The van der Waals surface area contributed by atoms with Gasteiger partial charge in [0.25, 0.3) is 11.5 Å². The third kappa shape index (κ3) is 7.06. The molecule has 0 aromatic carbocycles. The number of thioether (sulfide) groups is 1. The lowest BCUT2D eigenvalue weighted by molar-refractivity contribution is -0.122. The van der Waals surface area contributed by atoms with Crippen LogP contribution in [0.1, 0.15) is 102 Å². The fourth-order valence-corrected chi connectivity index (χ4v) is 6.39. The van der Waals surface area contributed by atoms with E-state index in [0.717, 1.165) is 63.0 Å². The number of carbonyl (C=O) groups is 1. The predicted octanol–water partition coefficient (Wildman–Crippen LogP) is 6.63. The van der Waals surface area contributed by atoms with E-state index in [-0.39, 0.29) is 17.0 Å². The Morgan fingerprint density at radius 1 is 1.03 bits per heavy atom. The Balaban J connectivity index is 1.98. The zero-order chi connectivity index (χ0) is 26.9. The zero-order valence-electron chi connectivity index (χ0n) is 23.0. The molecule has 2 aliphatic heterocycles. The molecule has 37 heavy (non-hydrogen) atoms. The molecule has 2 saturated heterocycles. The first-order valence-electron chi connectivity index (χ1n) is 14.0. The van der Waals surface area contributed by atoms with Gasteiger partial charge in [0.2, 0.25) is 0 Å². The van der Waals surface area contributed by atoms with Crippen LogP contribution in [0.4, 0.5) is 5.82 Å². The molecule has 0 bridgehead atoms. The van der Waals surface area contributed by atoms with Gasteiger partial charge in [-0.2, -0.15) is 5.26 Å². The van der Waals surface area contributed by atoms with Crippen LogP contribution in [0.5, 0.6) is 0 Å². The first-order chi connectivity index (χ1) is 17.8. The van der Waals surface area contributed by atoms with Gasteiger partial charge in [-0.05, 0) is 50.2 Å². The maximum Gasteiger partial charge on any atom is 0.270 e. The minimum absolute atomic E-state index is 0.0639. The van der Waals surface area contributed by atoms with Crippen LogP contribution >= 0.6 is 24.0 Å². The fourth-order valence-electron chi connectivity index (χ4n) is 5.10. The molecule has 202 valence electrons.